The van der Waals surface area contributed by atoms with Crippen molar-refractivity contribution in [3.05, 3.63) is 71.7 Å². The van der Waals surface area contributed by atoms with Crippen molar-refractivity contribution in [2.45, 2.75) is 31.7 Å². The van der Waals surface area contributed by atoms with E-state index < -0.39 is 0 Å². The lowest BCUT2D eigenvalue weighted by Gasteiger charge is -2.28. The number of ether oxygens (including phenoxy) is 1. The van der Waals surface area contributed by atoms with Gasteiger partial charge in [0.15, 0.2) is 0 Å². The summed E-state index contributed by atoms with van der Waals surface area (Å²) < 4.78 is 5.46. The quantitative estimate of drug-likeness (QED) is 0.543. The van der Waals surface area contributed by atoms with Crippen LogP contribution in [0.1, 0.15) is 46.8 Å². The lowest BCUT2D eigenvalue weighted by atomic mass is 10.0. The van der Waals surface area contributed by atoms with E-state index in [0.717, 1.165) is 67.0 Å². The first kappa shape index (κ1) is 21.0. The summed E-state index contributed by atoms with van der Waals surface area (Å²) in [5.41, 5.74) is 3.85. The minimum Gasteiger partial charge on any atom is -0.379 e. The van der Waals surface area contributed by atoms with Crippen molar-refractivity contribution in [2.24, 2.45) is 0 Å². The molecule has 0 spiro atoms. The SMILES string of the molecule is O=C(c1cc(C2CC2)nc2ccccc12)N(CCCN1CCOCC1)Cc1ccncc1. The second-order valence-electron chi connectivity index (χ2n) is 8.78. The van der Waals surface area contributed by atoms with Crippen LogP contribution in [0.5, 0.6) is 0 Å². The molecule has 1 saturated heterocycles. The van der Waals surface area contributed by atoms with E-state index in [9.17, 15) is 4.79 Å². The van der Waals surface area contributed by atoms with Gasteiger partial charge in [0.2, 0.25) is 0 Å². The molecule has 3 aromatic rings. The molecule has 1 aliphatic carbocycles. The van der Waals surface area contributed by atoms with Crippen molar-refractivity contribution in [2.75, 3.05) is 39.4 Å². The maximum Gasteiger partial charge on any atom is 0.254 e. The Kier molecular flexibility index (Phi) is 6.41. The standard InChI is InChI=1S/C26H30N4O2/c31-26(23-18-25(21-6-7-21)28-24-5-2-1-4-22(23)24)30(19-20-8-10-27-11-9-20)13-3-12-29-14-16-32-17-15-29/h1-2,4-5,8-11,18,21H,3,6-7,12-17,19H2. The van der Waals surface area contributed by atoms with Gasteiger partial charge in [-0.05, 0) is 49.1 Å². The highest BCUT2D eigenvalue weighted by atomic mass is 16.5. The van der Waals surface area contributed by atoms with Crippen LogP contribution in [0.4, 0.5) is 0 Å². The molecule has 1 aliphatic heterocycles. The molecule has 166 valence electrons. The van der Waals surface area contributed by atoms with Gasteiger partial charge >= 0.3 is 0 Å². The number of benzene rings is 1. The third-order valence-electron chi connectivity index (χ3n) is 6.38. The third kappa shape index (κ3) is 4.97. The van der Waals surface area contributed by atoms with E-state index in [2.05, 4.69) is 9.88 Å². The number of carbonyl (C=O) groups excluding carboxylic acids is 1. The smallest absolute Gasteiger partial charge is 0.254 e. The molecule has 2 fully saturated rings. The summed E-state index contributed by atoms with van der Waals surface area (Å²) in [5.74, 6) is 0.588. The summed E-state index contributed by atoms with van der Waals surface area (Å²) in [6, 6.07) is 14.0. The second-order valence-corrected chi connectivity index (χ2v) is 8.78. The summed E-state index contributed by atoms with van der Waals surface area (Å²) >= 11 is 0. The number of pyridine rings is 2. The molecule has 0 atom stereocenters. The number of hydrogen-bond donors (Lipinski definition) is 0. The van der Waals surface area contributed by atoms with Crippen LogP contribution in [0.3, 0.4) is 0 Å². The molecule has 0 N–H and O–H groups in total. The van der Waals surface area contributed by atoms with E-state index in [1.54, 1.807) is 12.4 Å². The van der Waals surface area contributed by atoms with Crippen molar-refractivity contribution in [1.82, 2.24) is 19.8 Å². The Hall–Kier alpha value is -2.83. The molecule has 2 aromatic heterocycles. The molecule has 0 radical (unpaired) electrons. The molecule has 0 unspecified atom stereocenters. The molecule has 1 amide bonds. The van der Waals surface area contributed by atoms with Crippen molar-refractivity contribution < 1.29 is 9.53 Å². The number of rotatable bonds is 8. The monoisotopic (exact) mass is 430 g/mol. The maximum atomic E-state index is 13.9. The molecule has 0 bridgehead atoms. The molecular weight excluding hydrogens is 400 g/mol. The minimum atomic E-state index is 0.0873. The zero-order valence-electron chi connectivity index (χ0n) is 18.4. The van der Waals surface area contributed by atoms with Crippen LogP contribution < -0.4 is 0 Å². The topological polar surface area (TPSA) is 58.6 Å². The number of carbonyl (C=O) groups is 1. The zero-order chi connectivity index (χ0) is 21.8. The van der Waals surface area contributed by atoms with Crippen LogP contribution in [0, 0.1) is 0 Å². The molecule has 5 rings (SSSR count). The first-order valence-electron chi connectivity index (χ1n) is 11.7. The number of morpholine rings is 1. The van der Waals surface area contributed by atoms with E-state index in [1.165, 1.54) is 12.8 Å². The number of nitrogens with zero attached hydrogens (tertiary/aromatic N) is 4. The predicted octanol–water partition coefficient (Wildman–Crippen LogP) is 3.87. The third-order valence-corrected chi connectivity index (χ3v) is 6.38. The number of amides is 1. The summed E-state index contributed by atoms with van der Waals surface area (Å²) in [7, 11) is 0. The van der Waals surface area contributed by atoms with Gasteiger partial charge in [-0.2, -0.15) is 0 Å². The van der Waals surface area contributed by atoms with Gasteiger partial charge in [-0.15, -0.1) is 0 Å². The Balaban J connectivity index is 1.40. The largest absolute Gasteiger partial charge is 0.379 e. The van der Waals surface area contributed by atoms with Gasteiger partial charge in [-0.25, -0.2) is 0 Å². The molecular formula is C26H30N4O2. The van der Waals surface area contributed by atoms with Gasteiger partial charge in [0.1, 0.15) is 0 Å². The van der Waals surface area contributed by atoms with Crippen molar-refractivity contribution >= 4 is 16.8 Å². The summed E-state index contributed by atoms with van der Waals surface area (Å²) in [5, 5.41) is 0.940. The van der Waals surface area contributed by atoms with Crippen LogP contribution in [0.25, 0.3) is 10.9 Å². The van der Waals surface area contributed by atoms with Crippen LogP contribution in [-0.2, 0) is 11.3 Å². The fourth-order valence-electron chi connectivity index (χ4n) is 4.40. The predicted molar refractivity (Wildman–Crippen MR) is 125 cm³/mol. The molecule has 1 saturated carbocycles. The minimum absolute atomic E-state index is 0.0873. The first-order chi connectivity index (χ1) is 15.8. The van der Waals surface area contributed by atoms with E-state index in [4.69, 9.17) is 9.72 Å². The van der Waals surface area contributed by atoms with Gasteiger partial charge < -0.3 is 9.64 Å². The van der Waals surface area contributed by atoms with Crippen molar-refractivity contribution in [1.29, 1.82) is 0 Å². The van der Waals surface area contributed by atoms with Crippen LogP contribution >= 0.6 is 0 Å². The lowest BCUT2D eigenvalue weighted by Crippen LogP contribution is -2.39. The number of hydrogen-bond acceptors (Lipinski definition) is 5. The Morgan fingerprint density at radius 3 is 2.66 bits per heavy atom. The number of para-hydroxylation sites is 1. The molecule has 6 heteroatoms. The van der Waals surface area contributed by atoms with Gasteiger partial charge in [0.05, 0.1) is 24.3 Å². The molecule has 3 heterocycles. The fourth-order valence-corrected chi connectivity index (χ4v) is 4.40. The summed E-state index contributed by atoms with van der Waals surface area (Å²) in [6.07, 6.45) is 6.85. The Bertz CT molecular complexity index is 1060. The lowest BCUT2D eigenvalue weighted by molar-refractivity contribution is 0.0355. The maximum absolute atomic E-state index is 13.9. The van der Waals surface area contributed by atoms with E-state index in [1.807, 2.05) is 47.4 Å². The number of aromatic nitrogens is 2. The van der Waals surface area contributed by atoms with Gasteiger partial charge in [-0.3, -0.25) is 19.7 Å². The normalized spacial score (nSPS) is 16.9. The Labute approximate surface area is 189 Å². The molecule has 32 heavy (non-hydrogen) atoms. The van der Waals surface area contributed by atoms with Crippen LogP contribution in [0.2, 0.25) is 0 Å². The first-order valence-corrected chi connectivity index (χ1v) is 11.7. The number of fused-ring (bicyclic) bond motifs is 1. The summed E-state index contributed by atoms with van der Waals surface area (Å²) in [6.45, 7) is 5.82. The summed E-state index contributed by atoms with van der Waals surface area (Å²) in [4.78, 5) is 27.3. The average Bonchev–Trinajstić information content (AvgIpc) is 3.69. The van der Waals surface area contributed by atoms with E-state index >= 15 is 0 Å². The zero-order valence-corrected chi connectivity index (χ0v) is 18.4. The second kappa shape index (κ2) is 9.76. The average molecular weight is 431 g/mol. The van der Waals surface area contributed by atoms with Gasteiger partial charge in [-0.1, -0.05) is 18.2 Å². The van der Waals surface area contributed by atoms with Crippen LogP contribution in [-0.4, -0.2) is 65.1 Å². The molecule has 6 nitrogen and oxygen atoms in total. The van der Waals surface area contributed by atoms with Crippen molar-refractivity contribution in [3.8, 4) is 0 Å². The Morgan fingerprint density at radius 1 is 1.09 bits per heavy atom. The van der Waals surface area contributed by atoms with Gasteiger partial charge in [0.25, 0.3) is 5.91 Å². The highest BCUT2D eigenvalue weighted by molar-refractivity contribution is 6.06. The Morgan fingerprint density at radius 2 is 1.88 bits per heavy atom. The molecule has 1 aromatic carbocycles. The molecule has 2 aliphatic rings. The van der Waals surface area contributed by atoms with E-state index in [-0.39, 0.29) is 5.91 Å². The fraction of sp³-hybridized carbons (Fsp3) is 0.423. The van der Waals surface area contributed by atoms with Crippen LogP contribution in [0.15, 0.2) is 54.9 Å². The van der Waals surface area contributed by atoms with E-state index in [0.29, 0.717) is 19.0 Å². The highest BCUT2D eigenvalue weighted by Gasteiger charge is 2.28. The van der Waals surface area contributed by atoms with Gasteiger partial charge in [0, 0.05) is 62.1 Å². The van der Waals surface area contributed by atoms with Crippen molar-refractivity contribution in [3.63, 3.8) is 0 Å². The highest BCUT2D eigenvalue weighted by Crippen LogP contribution is 2.40.